The minimum Gasteiger partial charge on any atom is -0.454 e. The number of ether oxygens (including phenoxy) is 2. The van der Waals surface area contributed by atoms with Gasteiger partial charge >= 0.3 is 0 Å². The van der Waals surface area contributed by atoms with Crippen molar-refractivity contribution in [3.05, 3.63) is 42.0 Å². The van der Waals surface area contributed by atoms with Crippen LogP contribution >= 0.6 is 0 Å². The van der Waals surface area contributed by atoms with Gasteiger partial charge in [-0.05, 0) is 18.2 Å². The maximum atomic E-state index is 13.6. The Bertz CT molecular complexity index is 908. The first-order valence-electron chi connectivity index (χ1n) is 7.13. The minimum absolute atomic E-state index is 0.175. The second-order valence-electron chi connectivity index (χ2n) is 5.20. The molecule has 1 aliphatic heterocycles. The summed E-state index contributed by atoms with van der Waals surface area (Å²) in [6.07, 6.45) is 0. The number of nitrogens with two attached hydrogens (primary N) is 1. The van der Waals surface area contributed by atoms with Crippen LogP contribution in [0, 0.1) is 11.6 Å². The predicted octanol–water partition coefficient (Wildman–Crippen LogP) is 2.67. The van der Waals surface area contributed by atoms with Gasteiger partial charge in [-0.2, -0.15) is 0 Å². The van der Waals surface area contributed by atoms with Crippen LogP contribution in [0.15, 0.2) is 30.3 Å². The van der Waals surface area contributed by atoms with E-state index in [9.17, 15) is 8.78 Å². The lowest BCUT2D eigenvalue weighted by molar-refractivity contribution is 0.174. The fourth-order valence-corrected chi connectivity index (χ4v) is 2.73. The van der Waals surface area contributed by atoms with Crippen LogP contribution in [0.1, 0.15) is 0 Å². The highest BCUT2D eigenvalue weighted by atomic mass is 19.2. The van der Waals surface area contributed by atoms with E-state index in [1.165, 1.54) is 0 Å². The van der Waals surface area contributed by atoms with Gasteiger partial charge in [0.2, 0.25) is 6.79 Å². The zero-order valence-electron chi connectivity index (χ0n) is 12.1. The predicted molar refractivity (Wildman–Crippen MR) is 80.3 cm³/mol. The molecule has 1 aliphatic rings. The van der Waals surface area contributed by atoms with Crippen molar-refractivity contribution < 1.29 is 18.3 Å². The summed E-state index contributed by atoms with van der Waals surface area (Å²) in [7, 11) is 0. The molecule has 2 heterocycles. The molecule has 0 saturated heterocycles. The third-order valence-electron chi connectivity index (χ3n) is 3.77. The van der Waals surface area contributed by atoms with E-state index in [1.807, 2.05) is 6.07 Å². The second kappa shape index (κ2) is 5.20. The lowest BCUT2D eigenvalue weighted by Crippen LogP contribution is -2.11. The maximum absolute atomic E-state index is 13.6. The molecular weight excluding hydrogens is 304 g/mol. The molecule has 0 spiro atoms. The normalized spacial score (nSPS) is 13.0. The zero-order chi connectivity index (χ0) is 16.0. The molecule has 2 N–H and O–H groups in total. The van der Waals surface area contributed by atoms with Crippen molar-refractivity contribution in [2.24, 2.45) is 5.73 Å². The number of imidazole rings is 1. The highest BCUT2D eigenvalue weighted by Crippen LogP contribution is 2.36. The summed E-state index contributed by atoms with van der Waals surface area (Å²) in [5.74, 6) is 0.0207. The quantitative estimate of drug-likeness (QED) is 0.807. The van der Waals surface area contributed by atoms with Crippen LogP contribution in [0.5, 0.6) is 11.5 Å². The van der Waals surface area contributed by atoms with Gasteiger partial charge in [0, 0.05) is 30.8 Å². The summed E-state index contributed by atoms with van der Waals surface area (Å²) in [4.78, 5) is 4.43. The van der Waals surface area contributed by atoms with Gasteiger partial charge in [0.25, 0.3) is 0 Å². The first-order chi connectivity index (χ1) is 11.2. The van der Waals surface area contributed by atoms with E-state index in [0.717, 1.165) is 17.7 Å². The van der Waals surface area contributed by atoms with Crippen molar-refractivity contribution in [1.82, 2.24) is 9.55 Å². The van der Waals surface area contributed by atoms with Crippen molar-refractivity contribution >= 4 is 11.0 Å². The average molecular weight is 317 g/mol. The van der Waals surface area contributed by atoms with Crippen LogP contribution in [-0.2, 0) is 6.54 Å². The molecule has 0 amide bonds. The van der Waals surface area contributed by atoms with E-state index in [-0.39, 0.29) is 6.79 Å². The SMILES string of the molecule is NCCn1c(-c2ccc3c(c2)OCO3)nc2cc(F)c(F)cc21. The van der Waals surface area contributed by atoms with Gasteiger partial charge in [-0.3, -0.25) is 0 Å². The fraction of sp³-hybridized carbons (Fsp3) is 0.188. The molecule has 0 fully saturated rings. The van der Waals surface area contributed by atoms with Crippen LogP contribution in [0.4, 0.5) is 8.78 Å². The number of hydrogen-bond donors (Lipinski definition) is 1. The molecule has 0 radical (unpaired) electrons. The summed E-state index contributed by atoms with van der Waals surface area (Å²) in [5.41, 5.74) is 7.30. The molecule has 5 nitrogen and oxygen atoms in total. The molecule has 4 rings (SSSR count). The van der Waals surface area contributed by atoms with Crippen molar-refractivity contribution in [3.8, 4) is 22.9 Å². The molecule has 0 aliphatic carbocycles. The molecule has 0 unspecified atom stereocenters. The number of aromatic nitrogens is 2. The summed E-state index contributed by atoms with van der Waals surface area (Å²) < 4.78 is 39.5. The Kier molecular flexibility index (Phi) is 3.16. The lowest BCUT2D eigenvalue weighted by Gasteiger charge is -2.08. The Hall–Kier alpha value is -2.67. The molecule has 1 aromatic heterocycles. The minimum atomic E-state index is -0.924. The van der Waals surface area contributed by atoms with Gasteiger partial charge in [-0.25, -0.2) is 13.8 Å². The Morgan fingerprint density at radius 3 is 2.70 bits per heavy atom. The topological polar surface area (TPSA) is 62.3 Å². The van der Waals surface area contributed by atoms with Gasteiger partial charge in [0.1, 0.15) is 5.82 Å². The van der Waals surface area contributed by atoms with E-state index in [0.29, 0.717) is 41.4 Å². The van der Waals surface area contributed by atoms with E-state index in [2.05, 4.69) is 4.98 Å². The van der Waals surface area contributed by atoms with Crippen molar-refractivity contribution in [2.45, 2.75) is 6.54 Å². The molecule has 118 valence electrons. The fourth-order valence-electron chi connectivity index (χ4n) is 2.73. The molecule has 0 atom stereocenters. The van der Waals surface area contributed by atoms with E-state index in [1.54, 1.807) is 16.7 Å². The second-order valence-corrected chi connectivity index (χ2v) is 5.20. The van der Waals surface area contributed by atoms with E-state index in [4.69, 9.17) is 15.2 Å². The summed E-state index contributed by atoms with van der Waals surface area (Å²) in [6.45, 7) is 0.960. The molecule has 2 aromatic carbocycles. The van der Waals surface area contributed by atoms with Crippen molar-refractivity contribution in [1.29, 1.82) is 0 Å². The van der Waals surface area contributed by atoms with Gasteiger partial charge in [0.05, 0.1) is 11.0 Å². The van der Waals surface area contributed by atoms with Crippen LogP contribution < -0.4 is 15.2 Å². The number of benzene rings is 2. The molecule has 0 saturated carbocycles. The molecular formula is C16H13F2N3O2. The number of fused-ring (bicyclic) bond motifs is 2. The Morgan fingerprint density at radius 1 is 1.09 bits per heavy atom. The van der Waals surface area contributed by atoms with Gasteiger partial charge in [0.15, 0.2) is 23.1 Å². The number of hydrogen-bond acceptors (Lipinski definition) is 4. The average Bonchev–Trinajstić information content (AvgIpc) is 3.13. The van der Waals surface area contributed by atoms with Crippen molar-refractivity contribution in [3.63, 3.8) is 0 Å². The zero-order valence-corrected chi connectivity index (χ0v) is 12.1. The highest BCUT2D eigenvalue weighted by Gasteiger charge is 2.19. The van der Waals surface area contributed by atoms with Crippen LogP contribution in [-0.4, -0.2) is 22.9 Å². The smallest absolute Gasteiger partial charge is 0.231 e. The number of halogens is 2. The van der Waals surface area contributed by atoms with Gasteiger partial charge < -0.3 is 19.8 Å². The van der Waals surface area contributed by atoms with Crippen LogP contribution in [0.25, 0.3) is 22.4 Å². The monoisotopic (exact) mass is 317 g/mol. The van der Waals surface area contributed by atoms with Crippen LogP contribution in [0.2, 0.25) is 0 Å². The number of rotatable bonds is 3. The molecule has 23 heavy (non-hydrogen) atoms. The maximum Gasteiger partial charge on any atom is 0.231 e. The Morgan fingerprint density at radius 2 is 1.87 bits per heavy atom. The Labute approximate surface area is 130 Å². The van der Waals surface area contributed by atoms with E-state index < -0.39 is 11.6 Å². The third-order valence-corrected chi connectivity index (χ3v) is 3.77. The van der Waals surface area contributed by atoms with Crippen LogP contribution in [0.3, 0.4) is 0 Å². The summed E-state index contributed by atoms with van der Waals surface area (Å²) in [6, 6.07) is 7.64. The molecule has 3 aromatic rings. The van der Waals surface area contributed by atoms with Gasteiger partial charge in [-0.1, -0.05) is 0 Å². The van der Waals surface area contributed by atoms with E-state index >= 15 is 0 Å². The Balaban J connectivity index is 1.93. The van der Waals surface area contributed by atoms with Gasteiger partial charge in [-0.15, -0.1) is 0 Å². The standard InChI is InChI=1S/C16H13F2N3O2/c17-10-6-12-13(7-11(10)18)21(4-3-19)16(20-12)9-1-2-14-15(5-9)23-8-22-14/h1-2,5-7H,3-4,8,19H2. The highest BCUT2D eigenvalue weighted by molar-refractivity contribution is 5.81. The third kappa shape index (κ3) is 2.20. The largest absolute Gasteiger partial charge is 0.454 e. The summed E-state index contributed by atoms with van der Waals surface area (Å²) in [5, 5.41) is 0. The first kappa shape index (κ1) is 14.0. The first-order valence-corrected chi connectivity index (χ1v) is 7.13. The number of nitrogens with zero attached hydrogens (tertiary/aromatic N) is 2. The lowest BCUT2D eigenvalue weighted by atomic mass is 10.2. The molecule has 0 bridgehead atoms. The van der Waals surface area contributed by atoms with Crippen molar-refractivity contribution in [2.75, 3.05) is 13.3 Å². The summed E-state index contributed by atoms with van der Waals surface area (Å²) >= 11 is 0. The molecule has 7 heteroatoms.